The van der Waals surface area contributed by atoms with Gasteiger partial charge in [-0.15, -0.1) is 0 Å². The number of halogens is 2. The Kier molecular flexibility index (Phi) is 9.76. The molecule has 0 aliphatic rings. The first kappa shape index (κ1) is 26.8. The molecule has 1 N–H and O–H groups in total. The van der Waals surface area contributed by atoms with Crippen LogP contribution in [0, 0.1) is 12.8 Å². The van der Waals surface area contributed by atoms with Crippen molar-refractivity contribution in [2.75, 3.05) is 6.54 Å². The van der Waals surface area contributed by atoms with Gasteiger partial charge in [-0.1, -0.05) is 103 Å². The number of benzene rings is 3. The molecule has 3 rings (SSSR count). The zero-order valence-electron chi connectivity index (χ0n) is 20.4. The quantitative estimate of drug-likeness (QED) is 0.350. The molecule has 4 nitrogen and oxygen atoms in total. The minimum atomic E-state index is -0.694. The van der Waals surface area contributed by atoms with Crippen LogP contribution in [-0.2, 0) is 29.0 Å². The van der Waals surface area contributed by atoms with Crippen molar-refractivity contribution in [1.29, 1.82) is 0 Å². The van der Waals surface area contributed by atoms with E-state index in [2.05, 4.69) is 5.32 Å². The average Bonchev–Trinajstić information content (AvgIpc) is 2.81. The summed E-state index contributed by atoms with van der Waals surface area (Å²) in [6, 6.07) is 22.1. The lowest BCUT2D eigenvalue weighted by Gasteiger charge is -2.32. The minimum Gasteiger partial charge on any atom is -0.354 e. The smallest absolute Gasteiger partial charge is 0.243 e. The van der Waals surface area contributed by atoms with Gasteiger partial charge in [0.05, 0.1) is 6.42 Å². The molecule has 0 bridgehead atoms. The maximum absolute atomic E-state index is 13.8. The lowest BCUT2D eigenvalue weighted by Crippen LogP contribution is -2.51. The summed E-state index contributed by atoms with van der Waals surface area (Å²) < 4.78 is 0. The molecule has 0 aliphatic heterocycles. The van der Waals surface area contributed by atoms with Gasteiger partial charge in [-0.3, -0.25) is 9.59 Å². The largest absolute Gasteiger partial charge is 0.354 e. The van der Waals surface area contributed by atoms with E-state index in [1.54, 1.807) is 17.0 Å². The van der Waals surface area contributed by atoms with Crippen LogP contribution in [0.3, 0.4) is 0 Å². The summed E-state index contributed by atoms with van der Waals surface area (Å²) in [5.41, 5.74) is 3.71. The maximum Gasteiger partial charge on any atom is 0.243 e. The molecule has 35 heavy (non-hydrogen) atoms. The Morgan fingerprint density at radius 3 is 2.29 bits per heavy atom. The summed E-state index contributed by atoms with van der Waals surface area (Å²) in [7, 11) is 0. The summed E-state index contributed by atoms with van der Waals surface area (Å²) >= 11 is 12.6. The predicted molar refractivity (Wildman–Crippen MR) is 144 cm³/mol. The summed E-state index contributed by atoms with van der Waals surface area (Å²) in [4.78, 5) is 28.9. The second kappa shape index (κ2) is 12.8. The van der Waals surface area contributed by atoms with E-state index in [1.807, 2.05) is 81.4 Å². The third kappa shape index (κ3) is 8.12. The number of hydrogen-bond acceptors (Lipinski definition) is 2. The molecule has 0 aromatic heterocycles. The fourth-order valence-corrected chi connectivity index (χ4v) is 4.38. The number of carbonyl (C=O) groups excluding carboxylic acids is 2. The molecule has 0 saturated heterocycles. The topological polar surface area (TPSA) is 49.4 Å². The zero-order valence-corrected chi connectivity index (χ0v) is 21.9. The highest BCUT2D eigenvalue weighted by molar-refractivity contribution is 6.35. The Hall–Kier alpha value is -2.82. The molecule has 3 aromatic carbocycles. The van der Waals surface area contributed by atoms with Crippen LogP contribution in [0.1, 0.15) is 36.1 Å². The van der Waals surface area contributed by atoms with Crippen molar-refractivity contribution in [3.8, 4) is 0 Å². The molecular weight excluding hydrogens is 479 g/mol. The first-order valence-electron chi connectivity index (χ1n) is 11.8. The molecule has 3 aromatic rings. The van der Waals surface area contributed by atoms with Crippen molar-refractivity contribution in [3.05, 3.63) is 105 Å². The summed E-state index contributed by atoms with van der Waals surface area (Å²) in [5.74, 6) is -0.0223. The maximum atomic E-state index is 13.8. The Labute approximate surface area is 218 Å². The predicted octanol–water partition coefficient (Wildman–Crippen LogP) is 6.26. The minimum absolute atomic E-state index is 0.137. The molecule has 184 valence electrons. The monoisotopic (exact) mass is 510 g/mol. The van der Waals surface area contributed by atoms with Crippen LogP contribution in [-0.4, -0.2) is 29.3 Å². The van der Waals surface area contributed by atoms with Crippen LogP contribution < -0.4 is 5.32 Å². The molecule has 0 spiro atoms. The first-order valence-corrected chi connectivity index (χ1v) is 12.6. The number of hydrogen-bond donors (Lipinski definition) is 1. The van der Waals surface area contributed by atoms with Crippen molar-refractivity contribution in [2.45, 2.75) is 46.2 Å². The number of aryl methyl sites for hydroxylation is 1. The second-order valence-corrected chi connectivity index (χ2v) is 10.1. The summed E-state index contributed by atoms with van der Waals surface area (Å²) in [5, 5.41) is 4.02. The fraction of sp³-hybridized carbons (Fsp3) is 0.310. The van der Waals surface area contributed by atoms with Gasteiger partial charge in [0, 0.05) is 29.6 Å². The zero-order chi connectivity index (χ0) is 25.4. The number of rotatable bonds is 10. The second-order valence-electron chi connectivity index (χ2n) is 9.27. The van der Waals surface area contributed by atoms with Gasteiger partial charge in [-0.05, 0) is 41.7 Å². The van der Waals surface area contributed by atoms with Crippen molar-refractivity contribution in [3.63, 3.8) is 0 Å². The molecule has 0 fully saturated rings. The molecule has 2 amide bonds. The highest BCUT2D eigenvalue weighted by Crippen LogP contribution is 2.24. The molecule has 6 heteroatoms. The van der Waals surface area contributed by atoms with Gasteiger partial charge in [-0.2, -0.15) is 0 Å². The Morgan fingerprint density at radius 1 is 0.914 bits per heavy atom. The first-order chi connectivity index (χ1) is 16.7. The van der Waals surface area contributed by atoms with Crippen LogP contribution in [0.15, 0.2) is 72.8 Å². The van der Waals surface area contributed by atoms with E-state index < -0.39 is 6.04 Å². The van der Waals surface area contributed by atoms with Gasteiger partial charge in [0.2, 0.25) is 11.8 Å². The molecular formula is C29H32Cl2N2O2. The van der Waals surface area contributed by atoms with Gasteiger partial charge < -0.3 is 10.2 Å². The highest BCUT2D eigenvalue weighted by Gasteiger charge is 2.31. The Bertz CT molecular complexity index is 1150. The van der Waals surface area contributed by atoms with E-state index in [4.69, 9.17) is 23.2 Å². The third-order valence-electron chi connectivity index (χ3n) is 5.75. The fourth-order valence-electron chi connectivity index (χ4n) is 3.91. The molecule has 0 radical (unpaired) electrons. The SMILES string of the molecule is Cc1cccc(CC(=O)N(Cc2ccc(Cl)cc2Cl)[C@@H](Cc2ccccc2)C(=O)NCC(C)C)c1. The molecule has 0 saturated carbocycles. The Balaban J connectivity index is 1.98. The summed E-state index contributed by atoms with van der Waals surface area (Å²) in [6.07, 6.45) is 0.588. The number of nitrogens with one attached hydrogen (secondary N) is 1. The Morgan fingerprint density at radius 2 is 1.63 bits per heavy atom. The normalized spacial score (nSPS) is 11.8. The average molecular weight is 511 g/mol. The lowest BCUT2D eigenvalue weighted by molar-refractivity contribution is -0.140. The van der Waals surface area contributed by atoms with Crippen LogP contribution in [0.25, 0.3) is 0 Å². The van der Waals surface area contributed by atoms with E-state index in [1.165, 1.54) is 0 Å². The van der Waals surface area contributed by atoms with Gasteiger partial charge in [0.25, 0.3) is 0 Å². The van der Waals surface area contributed by atoms with E-state index in [0.717, 1.165) is 22.3 Å². The van der Waals surface area contributed by atoms with Gasteiger partial charge in [-0.25, -0.2) is 0 Å². The van der Waals surface area contributed by atoms with Gasteiger partial charge >= 0.3 is 0 Å². The lowest BCUT2D eigenvalue weighted by atomic mass is 10.0. The van der Waals surface area contributed by atoms with E-state index in [0.29, 0.717) is 28.9 Å². The standard InChI is InChI=1S/C29H32Cl2N2O2/c1-20(2)18-32-29(35)27(15-22-9-5-4-6-10-22)33(19-24-12-13-25(30)17-26(24)31)28(34)16-23-11-7-8-21(3)14-23/h4-14,17,20,27H,15-16,18-19H2,1-3H3,(H,32,35)/t27-/m0/s1. The van der Waals surface area contributed by atoms with Crippen LogP contribution >= 0.6 is 23.2 Å². The van der Waals surface area contributed by atoms with E-state index in [-0.39, 0.29) is 24.8 Å². The van der Waals surface area contributed by atoms with Crippen LogP contribution in [0.4, 0.5) is 0 Å². The van der Waals surface area contributed by atoms with Gasteiger partial charge in [0.1, 0.15) is 6.04 Å². The van der Waals surface area contributed by atoms with Crippen molar-refractivity contribution in [1.82, 2.24) is 10.2 Å². The van der Waals surface area contributed by atoms with Crippen molar-refractivity contribution in [2.24, 2.45) is 5.92 Å². The number of amides is 2. The third-order valence-corrected chi connectivity index (χ3v) is 6.34. The van der Waals surface area contributed by atoms with Crippen molar-refractivity contribution < 1.29 is 9.59 Å². The summed E-state index contributed by atoms with van der Waals surface area (Å²) in [6.45, 7) is 6.82. The van der Waals surface area contributed by atoms with Crippen LogP contribution in [0.5, 0.6) is 0 Å². The van der Waals surface area contributed by atoms with Gasteiger partial charge in [0.15, 0.2) is 0 Å². The highest BCUT2D eigenvalue weighted by atomic mass is 35.5. The number of nitrogens with zero attached hydrogens (tertiary/aromatic N) is 1. The van der Waals surface area contributed by atoms with Crippen LogP contribution in [0.2, 0.25) is 10.0 Å². The van der Waals surface area contributed by atoms with Crippen molar-refractivity contribution >= 4 is 35.0 Å². The number of carbonyl (C=O) groups is 2. The molecule has 0 aliphatic carbocycles. The van der Waals surface area contributed by atoms with E-state index in [9.17, 15) is 9.59 Å². The molecule has 0 unspecified atom stereocenters. The molecule has 0 heterocycles. The van der Waals surface area contributed by atoms with E-state index >= 15 is 0 Å². The molecule has 1 atom stereocenters.